The van der Waals surface area contributed by atoms with Crippen molar-refractivity contribution in [3.8, 4) is 11.5 Å². The summed E-state index contributed by atoms with van der Waals surface area (Å²) in [5.74, 6) is 0.0393. The number of carbonyl (C=O) groups is 2. The molecular formula is C20H16ClIN2O4S. The third-order valence-electron chi connectivity index (χ3n) is 4.04. The van der Waals surface area contributed by atoms with Gasteiger partial charge in [-0.2, -0.15) is 0 Å². The molecule has 1 saturated heterocycles. The van der Waals surface area contributed by atoms with Gasteiger partial charge in [-0.15, -0.1) is 0 Å². The average molecular weight is 543 g/mol. The van der Waals surface area contributed by atoms with Crippen LogP contribution in [-0.4, -0.2) is 30.6 Å². The van der Waals surface area contributed by atoms with Gasteiger partial charge in [-0.3, -0.25) is 19.8 Å². The summed E-state index contributed by atoms with van der Waals surface area (Å²) in [6.07, 6.45) is 1.50. The average Bonchev–Trinajstić information content (AvgIpc) is 2.68. The van der Waals surface area contributed by atoms with Gasteiger partial charge in [0.1, 0.15) is 5.57 Å². The molecule has 0 spiro atoms. The SMILES string of the molecule is CCOc1c(I)cc(/C=C2/C(=O)NC(=S)N(c3ccc(Cl)cc3)C2=O)cc1OC. The van der Waals surface area contributed by atoms with Crippen molar-refractivity contribution in [1.82, 2.24) is 5.32 Å². The monoisotopic (exact) mass is 542 g/mol. The number of ether oxygens (including phenoxy) is 2. The molecule has 2 amide bonds. The number of amides is 2. The van der Waals surface area contributed by atoms with Gasteiger partial charge < -0.3 is 9.47 Å². The summed E-state index contributed by atoms with van der Waals surface area (Å²) < 4.78 is 11.8. The van der Waals surface area contributed by atoms with Crippen LogP contribution in [0.3, 0.4) is 0 Å². The number of hydrogen-bond acceptors (Lipinski definition) is 5. The lowest BCUT2D eigenvalue weighted by Crippen LogP contribution is -2.54. The van der Waals surface area contributed by atoms with Gasteiger partial charge in [0.15, 0.2) is 16.6 Å². The highest BCUT2D eigenvalue weighted by Gasteiger charge is 2.34. The quantitative estimate of drug-likeness (QED) is 0.266. The Morgan fingerprint density at radius 3 is 2.55 bits per heavy atom. The van der Waals surface area contributed by atoms with E-state index in [9.17, 15) is 9.59 Å². The number of anilines is 1. The van der Waals surface area contributed by atoms with Crippen LogP contribution in [0.4, 0.5) is 5.69 Å². The maximum absolute atomic E-state index is 13.1. The molecule has 0 atom stereocenters. The molecule has 3 rings (SSSR count). The molecule has 0 aromatic heterocycles. The number of nitrogens with zero attached hydrogens (tertiary/aromatic N) is 1. The Kier molecular flexibility index (Phi) is 6.76. The Morgan fingerprint density at radius 1 is 1.24 bits per heavy atom. The number of thiocarbonyl (C=S) groups is 1. The zero-order chi connectivity index (χ0) is 21.1. The summed E-state index contributed by atoms with van der Waals surface area (Å²) in [4.78, 5) is 26.8. The number of nitrogens with one attached hydrogen (secondary N) is 1. The molecule has 1 N–H and O–H groups in total. The normalized spacial score (nSPS) is 15.5. The molecular weight excluding hydrogens is 527 g/mol. The minimum Gasteiger partial charge on any atom is -0.493 e. The molecule has 0 saturated carbocycles. The van der Waals surface area contributed by atoms with Crippen LogP contribution >= 0.6 is 46.4 Å². The third-order valence-corrected chi connectivity index (χ3v) is 5.38. The van der Waals surface area contributed by atoms with Gasteiger partial charge in [0.05, 0.1) is 23.0 Å². The van der Waals surface area contributed by atoms with E-state index < -0.39 is 11.8 Å². The van der Waals surface area contributed by atoms with Crippen molar-refractivity contribution in [2.45, 2.75) is 6.92 Å². The first-order valence-electron chi connectivity index (χ1n) is 8.53. The number of benzene rings is 2. The second-order valence-corrected chi connectivity index (χ2v) is 7.89. The summed E-state index contributed by atoms with van der Waals surface area (Å²) in [7, 11) is 1.53. The Morgan fingerprint density at radius 2 is 1.93 bits per heavy atom. The van der Waals surface area contributed by atoms with Gasteiger partial charge in [-0.1, -0.05) is 11.6 Å². The summed E-state index contributed by atoms with van der Waals surface area (Å²) >= 11 is 13.2. The van der Waals surface area contributed by atoms with Gasteiger partial charge >= 0.3 is 0 Å². The molecule has 29 heavy (non-hydrogen) atoms. The van der Waals surface area contributed by atoms with Gasteiger partial charge in [0.2, 0.25) is 0 Å². The molecule has 1 aliphatic heterocycles. The van der Waals surface area contributed by atoms with Crippen LogP contribution in [0.25, 0.3) is 6.08 Å². The van der Waals surface area contributed by atoms with Crippen LogP contribution in [-0.2, 0) is 9.59 Å². The molecule has 1 aliphatic rings. The van der Waals surface area contributed by atoms with Crippen LogP contribution in [0.5, 0.6) is 11.5 Å². The van der Waals surface area contributed by atoms with E-state index in [-0.39, 0.29) is 10.7 Å². The van der Waals surface area contributed by atoms with E-state index in [1.54, 1.807) is 36.4 Å². The zero-order valence-electron chi connectivity index (χ0n) is 15.5. The minimum absolute atomic E-state index is 0.0123. The van der Waals surface area contributed by atoms with E-state index >= 15 is 0 Å². The molecule has 0 bridgehead atoms. The van der Waals surface area contributed by atoms with E-state index in [4.69, 9.17) is 33.3 Å². The number of rotatable bonds is 5. The minimum atomic E-state index is -0.562. The van der Waals surface area contributed by atoms with Crippen LogP contribution < -0.4 is 19.7 Å². The van der Waals surface area contributed by atoms with E-state index in [0.29, 0.717) is 34.4 Å². The molecule has 0 radical (unpaired) electrons. The molecule has 0 aliphatic carbocycles. The van der Waals surface area contributed by atoms with Crippen LogP contribution in [0.15, 0.2) is 42.0 Å². The molecule has 1 fully saturated rings. The van der Waals surface area contributed by atoms with Crippen molar-refractivity contribution in [2.24, 2.45) is 0 Å². The van der Waals surface area contributed by atoms with Crippen molar-refractivity contribution in [2.75, 3.05) is 18.6 Å². The van der Waals surface area contributed by atoms with Crippen molar-refractivity contribution in [3.05, 3.63) is 56.1 Å². The molecule has 6 nitrogen and oxygen atoms in total. The molecule has 1 heterocycles. The maximum Gasteiger partial charge on any atom is 0.270 e. The highest BCUT2D eigenvalue weighted by molar-refractivity contribution is 14.1. The fraction of sp³-hybridized carbons (Fsp3) is 0.150. The highest BCUT2D eigenvalue weighted by atomic mass is 127. The Bertz CT molecular complexity index is 1020. The second-order valence-electron chi connectivity index (χ2n) is 5.90. The Hall–Kier alpha value is -2.17. The summed E-state index contributed by atoms with van der Waals surface area (Å²) in [6, 6.07) is 10.1. The first-order chi connectivity index (χ1) is 13.8. The maximum atomic E-state index is 13.1. The lowest BCUT2D eigenvalue weighted by Gasteiger charge is -2.29. The highest BCUT2D eigenvalue weighted by Crippen LogP contribution is 2.35. The fourth-order valence-corrected chi connectivity index (χ4v) is 3.94. The third kappa shape index (κ3) is 4.54. The van der Waals surface area contributed by atoms with E-state index in [1.807, 2.05) is 6.92 Å². The number of methoxy groups -OCH3 is 1. The predicted molar refractivity (Wildman–Crippen MR) is 125 cm³/mol. The largest absolute Gasteiger partial charge is 0.493 e. The molecule has 2 aromatic rings. The van der Waals surface area contributed by atoms with Crippen LogP contribution in [0, 0.1) is 3.57 Å². The van der Waals surface area contributed by atoms with Crippen molar-refractivity contribution < 1.29 is 19.1 Å². The standard InChI is InChI=1S/C20H16ClIN2O4S/c1-3-28-17-15(22)9-11(10-16(17)27-2)8-14-18(25)23-20(29)24(19(14)26)13-6-4-12(21)5-7-13/h4-10H,3H2,1-2H3,(H,23,25,29)/b14-8-. The van der Waals surface area contributed by atoms with E-state index in [2.05, 4.69) is 27.9 Å². The molecule has 150 valence electrons. The van der Waals surface area contributed by atoms with Gasteiger partial charge in [0, 0.05) is 5.02 Å². The van der Waals surface area contributed by atoms with Gasteiger partial charge in [-0.05, 0) is 89.8 Å². The fourth-order valence-electron chi connectivity index (χ4n) is 2.76. The molecule has 2 aromatic carbocycles. The molecule has 9 heteroatoms. The Balaban J connectivity index is 2.02. The first kappa shape index (κ1) is 21.5. The van der Waals surface area contributed by atoms with Gasteiger partial charge in [0.25, 0.3) is 11.8 Å². The lowest BCUT2D eigenvalue weighted by molar-refractivity contribution is -0.122. The topological polar surface area (TPSA) is 67.9 Å². The summed E-state index contributed by atoms with van der Waals surface area (Å²) in [6.45, 7) is 2.37. The van der Waals surface area contributed by atoms with E-state index in [1.165, 1.54) is 18.1 Å². The predicted octanol–water partition coefficient (Wildman–Crippen LogP) is 4.18. The van der Waals surface area contributed by atoms with Crippen molar-refractivity contribution in [3.63, 3.8) is 0 Å². The van der Waals surface area contributed by atoms with Crippen molar-refractivity contribution >= 4 is 75.1 Å². The first-order valence-corrected chi connectivity index (χ1v) is 10.4. The summed E-state index contributed by atoms with van der Waals surface area (Å²) in [5.41, 5.74) is 1.08. The second kappa shape index (κ2) is 9.10. The number of carbonyl (C=O) groups excluding carboxylic acids is 2. The van der Waals surface area contributed by atoms with Gasteiger partial charge in [-0.25, -0.2) is 0 Å². The van der Waals surface area contributed by atoms with E-state index in [0.717, 1.165) is 3.57 Å². The lowest BCUT2D eigenvalue weighted by atomic mass is 10.1. The zero-order valence-corrected chi connectivity index (χ0v) is 19.2. The Labute approximate surface area is 191 Å². The summed E-state index contributed by atoms with van der Waals surface area (Å²) in [5, 5.41) is 3.10. The van der Waals surface area contributed by atoms with Crippen LogP contribution in [0.2, 0.25) is 5.02 Å². The number of hydrogen-bond donors (Lipinski definition) is 1. The van der Waals surface area contributed by atoms with Crippen molar-refractivity contribution in [1.29, 1.82) is 0 Å². The molecule has 0 unspecified atom stereocenters. The number of halogens is 2. The van der Waals surface area contributed by atoms with Crippen LogP contribution in [0.1, 0.15) is 12.5 Å². The smallest absolute Gasteiger partial charge is 0.270 e.